The molecule has 0 fully saturated rings. The summed E-state index contributed by atoms with van der Waals surface area (Å²) in [6, 6.07) is 0.0224. The molecule has 0 spiro atoms. The lowest BCUT2D eigenvalue weighted by molar-refractivity contribution is 0.518. The summed E-state index contributed by atoms with van der Waals surface area (Å²) < 4.78 is 14.4. The Balaban J connectivity index is 4.24. The summed E-state index contributed by atoms with van der Waals surface area (Å²) in [4.78, 5) is -0.374. The third-order valence-corrected chi connectivity index (χ3v) is 3.88. The second-order valence-corrected chi connectivity index (χ2v) is 7.76. The molecule has 80 valence electrons. The molecular formula is C9H20ClNOS. The van der Waals surface area contributed by atoms with Crippen LogP contribution in [0.15, 0.2) is 0 Å². The lowest BCUT2D eigenvalue weighted by Gasteiger charge is -2.28. The standard InChI is InChI=1S/C9H20ClNOS/c1-7(9(5,6)10)11-13(12)8(2,3)4/h7,11H,1-6H3. The third kappa shape index (κ3) is 4.99. The normalized spacial score (nSPS) is 18.4. The van der Waals surface area contributed by atoms with Crippen molar-refractivity contribution in [2.75, 3.05) is 0 Å². The van der Waals surface area contributed by atoms with Crippen LogP contribution < -0.4 is 4.72 Å². The maximum Gasteiger partial charge on any atom is 0.0973 e. The first-order valence-corrected chi connectivity index (χ1v) is 5.95. The largest absolute Gasteiger partial charge is 0.242 e. The van der Waals surface area contributed by atoms with Gasteiger partial charge in [-0.15, -0.1) is 11.6 Å². The first-order valence-electron chi connectivity index (χ1n) is 4.42. The predicted molar refractivity (Wildman–Crippen MR) is 60.4 cm³/mol. The van der Waals surface area contributed by atoms with Gasteiger partial charge in [-0.25, -0.2) is 8.93 Å². The number of rotatable bonds is 3. The second-order valence-electron chi connectivity index (χ2n) is 4.79. The van der Waals surface area contributed by atoms with Crippen LogP contribution in [0.5, 0.6) is 0 Å². The number of nitrogens with one attached hydrogen (secondary N) is 1. The SMILES string of the molecule is CC(NS(=O)C(C)(C)C)C(C)(C)Cl. The first kappa shape index (κ1) is 13.4. The van der Waals surface area contributed by atoms with Gasteiger partial charge in [0, 0.05) is 6.04 Å². The molecule has 0 heterocycles. The smallest absolute Gasteiger partial charge is 0.0973 e. The van der Waals surface area contributed by atoms with Crippen LogP contribution in [0.4, 0.5) is 0 Å². The minimum atomic E-state index is -1.05. The van der Waals surface area contributed by atoms with E-state index in [9.17, 15) is 4.21 Å². The van der Waals surface area contributed by atoms with Crippen molar-refractivity contribution >= 4 is 22.6 Å². The van der Waals surface area contributed by atoms with Gasteiger partial charge in [-0.1, -0.05) is 0 Å². The highest BCUT2D eigenvalue weighted by molar-refractivity contribution is 7.84. The second kappa shape index (κ2) is 4.28. The summed E-state index contributed by atoms with van der Waals surface area (Å²) >= 11 is 6.08. The van der Waals surface area contributed by atoms with Crippen molar-refractivity contribution in [1.29, 1.82) is 0 Å². The lowest BCUT2D eigenvalue weighted by Crippen LogP contribution is -2.46. The fourth-order valence-corrected chi connectivity index (χ4v) is 1.57. The minimum Gasteiger partial charge on any atom is -0.242 e. The summed E-state index contributed by atoms with van der Waals surface area (Å²) in [7, 11) is -1.05. The van der Waals surface area contributed by atoms with Gasteiger partial charge in [0.25, 0.3) is 0 Å². The molecule has 0 aliphatic carbocycles. The van der Waals surface area contributed by atoms with Crippen LogP contribution in [-0.2, 0) is 11.0 Å². The van der Waals surface area contributed by atoms with E-state index in [2.05, 4.69) is 4.72 Å². The fraction of sp³-hybridized carbons (Fsp3) is 1.00. The number of hydrogen-bond acceptors (Lipinski definition) is 1. The van der Waals surface area contributed by atoms with Crippen LogP contribution in [-0.4, -0.2) is 19.9 Å². The van der Waals surface area contributed by atoms with Crippen molar-refractivity contribution in [2.45, 2.75) is 57.2 Å². The monoisotopic (exact) mass is 225 g/mol. The summed E-state index contributed by atoms with van der Waals surface area (Å²) in [6.45, 7) is 11.6. The molecule has 2 unspecified atom stereocenters. The minimum absolute atomic E-state index is 0.0224. The molecule has 4 heteroatoms. The zero-order valence-electron chi connectivity index (χ0n) is 9.27. The Hall–Kier alpha value is 0.400. The van der Waals surface area contributed by atoms with E-state index in [0.717, 1.165) is 0 Å². The summed E-state index contributed by atoms with van der Waals surface area (Å²) in [5.41, 5.74) is 0. The molecule has 0 bridgehead atoms. The fourth-order valence-electron chi connectivity index (χ4n) is 0.477. The number of alkyl halides is 1. The average Bonchev–Trinajstić information content (AvgIpc) is 1.82. The van der Waals surface area contributed by atoms with E-state index < -0.39 is 11.0 Å². The molecule has 0 aliphatic heterocycles. The number of halogens is 1. The Bertz CT molecular complexity index is 193. The summed E-state index contributed by atoms with van der Waals surface area (Å²) in [6.07, 6.45) is 0. The topological polar surface area (TPSA) is 29.1 Å². The summed E-state index contributed by atoms with van der Waals surface area (Å²) in [5.74, 6) is 0. The van der Waals surface area contributed by atoms with Crippen LogP contribution in [0.2, 0.25) is 0 Å². The van der Waals surface area contributed by atoms with E-state index in [-0.39, 0.29) is 15.7 Å². The van der Waals surface area contributed by atoms with Gasteiger partial charge in [-0.2, -0.15) is 0 Å². The highest BCUT2D eigenvalue weighted by Gasteiger charge is 2.28. The van der Waals surface area contributed by atoms with Gasteiger partial charge in [-0.05, 0) is 41.5 Å². The molecule has 0 aromatic rings. The number of hydrogen-bond donors (Lipinski definition) is 1. The summed E-state index contributed by atoms with van der Waals surface area (Å²) in [5, 5.41) is 0. The van der Waals surface area contributed by atoms with Gasteiger partial charge >= 0.3 is 0 Å². The Morgan fingerprint density at radius 1 is 1.23 bits per heavy atom. The van der Waals surface area contributed by atoms with E-state index >= 15 is 0 Å². The highest BCUT2D eigenvalue weighted by atomic mass is 35.5. The maximum atomic E-state index is 11.7. The molecule has 0 aliphatic rings. The lowest BCUT2D eigenvalue weighted by atomic mass is 10.1. The van der Waals surface area contributed by atoms with Crippen LogP contribution in [0.25, 0.3) is 0 Å². The van der Waals surface area contributed by atoms with Gasteiger partial charge in [-0.3, -0.25) is 0 Å². The first-order chi connectivity index (χ1) is 5.55. The van der Waals surface area contributed by atoms with Crippen LogP contribution in [0, 0.1) is 0 Å². The molecule has 0 rings (SSSR count). The molecule has 2 nitrogen and oxygen atoms in total. The molecule has 0 amide bonds. The molecule has 13 heavy (non-hydrogen) atoms. The Morgan fingerprint density at radius 3 is 1.85 bits per heavy atom. The van der Waals surface area contributed by atoms with Crippen molar-refractivity contribution in [3.05, 3.63) is 0 Å². The molecule has 1 N–H and O–H groups in total. The van der Waals surface area contributed by atoms with Crippen LogP contribution in [0.3, 0.4) is 0 Å². The average molecular weight is 226 g/mol. The van der Waals surface area contributed by atoms with E-state index in [0.29, 0.717) is 0 Å². The van der Waals surface area contributed by atoms with Gasteiger partial charge in [0.1, 0.15) is 0 Å². The van der Waals surface area contributed by atoms with Crippen molar-refractivity contribution in [2.24, 2.45) is 0 Å². The molecule has 0 aromatic carbocycles. The van der Waals surface area contributed by atoms with Gasteiger partial charge in [0.05, 0.1) is 20.6 Å². The van der Waals surface area contributed by atoms with Crippen LogP contribution >= 0.6 is 11.6 Å². The van der Waals surface area contributed by atoms with Crippen molar-refractivity contribution in [3.63, 3.8) is 0 Å². The third-order valence-electron chi connectivity index (χ3n) is 1.87. The quantitative estimate of drug-likeness (QED) is 0.735. The zero-order valence-corrected chi connectivity index (χ0v) is 10.8. The van der Waals surface area contributed by atoms with E-state index in [1.165, 1.54) is 0 Å². The van der Waals surface area contributed by atoms with E-state index in [1.807, 2.05) is 41.5 Å². The van der Waals surface area contributed by atoms with Crippen molar-refractivity contribution in [3.8, 4) is 0 Å². The highest BCUT2D eigenvalue weighted by Crippen LogP contribution is 2.19. The predicted octanol–water partition coefficient (Wildman–Crippen LogP) is 2.44. The Morgan fingerprint density at radius 2 is 1.62 bits per heavy atom. The molecular weight excluding hydrogens is 206 g/mol. The van der Waals surface area contributed by atoms with Crippen LogP contribution in [0.1, 0.15) is 41.5 Å². The Kier molecular flexibility index (Phi) is 4.41. The van der Waals surface area contributed by atoms with Gasteiger partial charge in [0.2, 0.25) is 0 Å². The van der Waals surface area contributed by atoms with Gasteiger partial charge in [0.15, 0.2) is 0 Å². The molecule has 0 aromatic heterocycles. The Labute approximate surface area is 89.0 Å². The van der Waals surface area contributed by atoms with Crippen molar-refractivity contribution < 1.29 is 4.21 Å². The molecule has 0 saturated heterocycles. The molecule has 0 saturated carbocycles. The van der Waals surface area contributed by atoms with E-state index in [4.69, 9.17) is 11.6 Å². The molecule has 0 radical (unpaired) electrons. The van der Waals surface area contributed by atoms with E-state index in [1.54, 1.807) is 0 Å². The molecule has 2 atom stereocenters. The zero-order chi connectivity index (χ0) is 10.9. The van der Waals surface area contributed by atoms with Gasteiger partial charge < -0.3 is 0 Å². The van der Waals surface area contributed by atoms with Crippen molar-refractivity contribution in [1.82, 2.24) is 4.72 Å². The maximum absolute atomic E-state index is 11.7.